The molecule has 0 fully saturated rings. The third-order valence-corrected chi connectivity index (χ3v) is 19.7. The molecule has 8 heteroatoms. The van der Waals surface area contributed by atoms with E-state index in [1.807, 2.05) is 0 Å². The zero-order valence-electron chi connectivity index (χ0n) is 62.7. The Morgan fingerprint density at radius 3 is 0.670 bits per heavy atom. The molecule has 8 aromatic carbocycles. The fourth-order valence-electron chi connectivity index (χ4n) is 13.5. The van der Waals surface area contributed by atoms with Crippen molar-refractivity contribution in [1.29, 1.82) is 0 Å². The molecule has 8 nitrogen and oxygen atoms in total. The third kappa shape index (κ3) is 16.6. The number of carbonyl (C=O) groups excluding carboxylic acids is 2. The first kappa shape index (κ1) is 73.3. The quantitative estimate of drug-likeness (QED) is 0.0549. The van der Waals surface area contributed by atoms with E-state index in [1.165, 1.54) is 66.8 Å². The van der Waals surface area contributed by atoms with Gasteiger partial charge in [0.05, 0.1) is 35.4 Å². The Balaban J connectivity index is 0.761. The highest BCUT2D eigenvalue weighted by molar-refractivity contribution is 5.96. The van der Waals surface area contributed by atoms with Gasteiger partial charge in [0.1, 0.15) is 11.5 Å². The zero-order chi connectivity index (χ0) is 72.1. The zero-order valence-corrected chi connectivity index (χ0v) is 62.7. The summed E-state index contributed by atoms with van der Waals surface area (Å²) in [7, 11) is 0. The van der Waals surface area contributed by atoms with E-state index >= 15 is 0 Å². The molecule has 2 N–H and O–H groups in total. The van der Waals surface area contributed by atoms with E-state index in [0.717, 1.165) is 22.6 Å². The summed E-state index contributed by atoms with van der Waals surface area (Å²) in [6, 6.07) is 79.1. The minimum Gasteiger partial charge on any atom is -0.494 e. The van der Waals surface area contributed by atoms with Crippen LogP contribution in [0.15, 0.2) is 231 Å². The summed E-state index contributed by atoms with van der Waals surface area (Å²) >= 11 is 0. The monoisotopic (exact) mass is 1330 g/mol. The maximum Gasteiger partial charge on any atom is 0.251 e. The molecule has 0 spiro atoms. The molecule has 100 heavy (non-hydrogen) atoms. The molecule has 2 aromatic heterocycles. The second-order valence-corrected chi connectivity index (χ2v) is 33.3. The van der Waals surface area contributed by atoms with Crippen molar-refractivity contribution in [1.82, 2.24) is 20.6 Å². The molecule has 0 saturated carbocycles. The highest BCUT2D eigenvalue weighted by atomic mass is 16.5. The van der Waals surface area contributed by atoms with Crippen molar-refractivity contribution >= 4 is 11.8 Å². The SMILES string of the molecule is CC(C)(C)c1ccc(C(c2ccc(OCCCNC(=O)c3ccnc(-c4cc(C(=O)NCCCOc5ccc(C(c6ccc(C(C)(C)C)cc6)(c6ccc(C(C)(C)C)cc6)c6ccc(C(C)(C)C)cc6)cc5)ccn4)c3)cc2)(c2ccc(C(C)(C)C)cc2)c2ccc(C(C)(C)C)cc2)cc1. The fourth-order valence-corrected chi connectivity index (χ4v) is 13.5. The van der Waals surface area contributed by atoms with E-state index in [4.69, 9.17) is 9.47 Å². The van der Waals surface area contributed by atoms with Gasteiger partial charge < -0.3 is 20.1 Å². The van der Waals surface area contributed by atoms with Crippen LogP contribution < -0.4 is 20.1 Å². The molecule has 10 aromatic rings. The maximum absolute atomic E-state index is 13.6. The standard InChI is InChI=1S/C92H106N4O4/c1-85(2,3)65-21-33-71(34-22-65)91(72-35-23-66(24-36-72)86(4,5)6,73-37-25-67(26-38-73)87(7,8)9)77-45-49-79(50-46-77)99-59-19-55-95-83(97)63-53-57-93-81(61-63)82-62-64(54-58-94-82)84(98)96-56-20-60-100-80-51-47-78(48-52-80)92(74-39-27-68(28-40-74)88(10,11)12,75-41-29-69(30-42-75)89(13,14)15)76-43-31-70(32-44-76)90(16,17)18/h21-54,57-58,61-62H,19-20,55-56,59-60H2,1-18H3,(H,95,97)(H,96,98). The van der Waals surface area contributed by atoms with Crippen LogP contribution in [0.1, 0.15) is 236 Å². The number of nitrogens with one attached hydrogen (secondary N) is 2. The van der Waals surface area contributed by atoms with E-state index < -0.39 is 10.8 Å². The maximum atomic E-state index is 13.6. The first-order valence-electron chi connectivity index (χ1n) is 35.8. The Hall–Kier alpha value is -9.40. The molecule has 0 radical (unpaired) electrons. The van der Waals surface area contributed by atoms with Crippen LogP contribution in [-0.2, 0) is 43.3 Å². The molecule has 2 heterocycles. The number of hydrogen-bond donors (Lipinski definition) is 2. The lowest BCUT2D eigenvalue weighted by atomic mass is 9.64. The number of carbonyl (C=O) groups is 2. The molecule has 0 unspecified atom stereocenters. The van der Waals surface area contributed by atoms with Gasteiger partial charge in [0.25, 0.3) is 11.8 Å². The minimum absolute atomic E-state index is 0.00211. The van der Waals surface area contributed by atoms with Gasteiger partial charge in [0.2, 0.25) is 0 Å². The number of nitrogens with zero attached hydrogens (tertiary/aromatic N) is 2. The van der Waals surface area contributed by atoms with Crippen LogP contribution in [0, 0.1) is 0 Å². The lowest BCUT2D eigenvalue weighted by molar-refractivity contribution is 0.0943. The smallest absolute Gasteiger partial charge is 0.251 e. The highest BCUT2D eigenvalue weighted by Crippen LogP contribution is 2.49. The van der Waals surface area contributed by atoms with Gasteiger partial charge in [-0.25, -0.2) is 0 Å². The van der Waals surface area contributed by atoms with Gasteiger partial charge in [-0.1, -0.05) is 294 Å². The van der Waals surface area contributed by atoms with Crippen molar-refractivity contribution in [2.45, 2.75) is 181 Å². The number of benzene rings is 8. The summed E-state index contributed by atoms with van der Waals surface area (Å²) in [5.41, 5.74) is 17.7. The van der Waals surface area contributed by atoms with E-state index in [9.17, 15) is 9.59 Å². The summed E-state index contributed by atoms with van der Waals surface area (Å²) in [4.78, 5) is 36.4. The Morgan fingerprint density at radius 2 is 0.470 bits per heavy atom. The lowest BCUT2D eigenvalue weighted by Gasteiger charge is -2.38. The van der Waals surface area contributed by atoms with Gasteiger partial charge in [-0.3, -0.25) is 19.6 Å². The molecule has 10 rings (SSSR count). The summed E-state index contributed by atoms with van der Waals surface area (Å²) in [6.45, 7) is 42.3. The predicted octanol–water partition coefficient (Wildman–Crippen LogP) is 21.1. The number of aromatic nitrogens is 2. The molecule has 518 valence electrons. The van der Waals surface area contributed by atoms with Gasteiger partial charge >= 0.3 is 0 Å². The molecule has 0 aliphatic heterocycles. The molecule has 0 atom stereocenters. The Morgan fingerprint density at radius 1 is 0.280 bits per heavy atom. The normalized spacial score (nSPS) is 12.6. The summed E-state index contributed by atoms with van der Waals surface area (Å²) < 4.78 is 12.7. The van der Waals surface area contributed by atoms with Gasteiger partial charge in [0.15, 0.2) is 0 Å². The van der Waals surface area contributed by atoms with Gasteiger partial charge in [-0.15, -0.1) is 0 Å². The molecule has 0 saturated heterocycles. The van der Waals surface area contributed by atoms with Gasteiger partial charge in [-0.05, 0) is 172 Å². The topological polar surface area (TPSA) is 102 Å². The van der Waals surface area contributed by atoms with Crippen LogP contribution in [0.4, 0.5) is 0 Å². The Kier molecular flexibility index (Phi) is 21.6. The molecular weight excluding hydrogens is 1230 g/mol. The van der Waals surface area contributed by atoms with Crippen molar-refractivity contribution in [3.8, 4) is 22.9 Å². The first-order valence-corrected chi connectivity index (χ1v) is 35.8. The number of rotatable bonds is 21. The minimum atomic E-state index is -0.637. The molecule has 0 bridgehead atoms. The van der Waals surface area contributed by atoms with E-state index in [0.29, 0.717) is 61.7 Å². The number of ether oxygens (including phenoxy) is 2. The number of hydrogen-bond acceptors (Lipinski definition) is 6. The van der Waals surface area contributed by atoms with Crippen LogP contribution in [0.3, 0.4) is 0 Å². The third-order valence-electron chi connectivity index (χ3n) is 19.7. The van der Waals surface area contributed by atoms with Gasteiger partial charge in [-0.2, -0.15) is 0 Å². The van der Waals surface area contributed by atoms with Crippen LogP contribution in [0.2, 0.25) is 0 Å². The average molecular weight is 1330 g/mol. The number of amides is 2. The van der Waals surface area contributed by atoms with E-state index in [-0.39, 0.29) is 44.3 Å². The Bertz CT molecular complexity index is 3810. The summed E-state index contributed by atoms with van der Waals surface area (Å²) in [5, 5.41) is 6.12. The van der Waals surface area contributed by atoms with Crippen LogP contribution in [0.25, 0.3) is 11.4 Å². The average Bonchev–Trinajstić information content (AvgIpc) is 0.735. The van der Waals surface area contributed by atoms with Crippen LogP contribution >= 0.6 is 0 Å². The van der Waals surface area contributed by atoms with Crippen LogP contribution in [-0.4, -0.2) is 48.1 Å². The van der Waals surface area contributed by atoms with Gasteiger partial charge in [0, 0.05) is 36.6 Å². The lowest BCUT2D eigenvalue weighted by Crippen LogP contribution is -2.31. The van der Waals surface area contributed by atoms with Crippen molar-refractivity contribution in [2.24, 2.45) is 0 Å². The molecule has 0 aliphatic rings. The number of pyridine rings is 2. The van der Waals surface area contributed by atoms with Crippen molar-refractivity contribution in [3.63, 3.8) is 0 Å². The van der Waals surface area contributed by atoms with E-state index in [1.54, 1.807) is 36.7 Å². The fraction of sp³-hybridized carbons (Fsp3) is 0.348. The highest BCUT2D eigenvalue weighted by Gasteiger charge is 2.41. The molecule has 2 amide bonds. The van der Waals surface area contributed by atoms with Crippen molar-refractivity contribution < 1.29 is 19.1 Å². The molecule has 0 aliphatic carbocycles. The van der Waals surface area contributed by atoms with E-state index in [2.05, 4.69) is 339 Å². The second kappa shape index (κ2) is 29.4. The molecular formula is C92H106N4O4. The summed E-state index contributed by atoms with van der Waals surface area (Å²) in [5.74, 6) is 1.02. The van der Waals surface area contributed by atoms with Crippen molar-refractivity contribution in [2.75, 3.05) is 26.3 Å². The van der Waals surface area contributed by atoms with Crippen molar-refractivity contribution in [3.05, 3.63) is 320 Å². The second-order valence-electron chi connectivity index (χ2n) is 33.3. The largest absolute Gasteiger partial charge is 0.494 e. The summed E-state index contributed by atoms with van der Waals surface area (Å²) in [6.07, 6.45) is 4.36. The first-order chi connectivity index (χ1) is 47.2. The van der Waals surface area contributed by atoms with Crippen LogP contribution in [0.5, 0.6) is 11.5 Å². The predicted molar refractivity (Wildman–Crippen MR) is 414 cm³/mol. The Labute approximate surface area is 597 Å².